The largest absolute Gasteiger partial charge is 0.484 e. The fourth-order valence-corrected chi connectivity index (χ4v) is 3.63. The summed E-state index contributed by atoms with van der Waals surface area (Å²) in [6.07, 6.45) is -1.08. The first-order valence-corrected chi connectivity index (χ1v) is 9.42. The maximum atomic E-state index is 14.8. The van der Waals surface area contributed by atoms with Gasteiger partial charge < -0.3 is 15.8 Å². The topological polar surface area (TPSA) is 94.3 Å². The second kappa shape index (κ2) is 7.46. The predicted octanol–water partition coefficient (Wildman–Crippen LogP) is 3.15. The van der Waals surface area contributed by atoms with E-state index in [4.69, 9.17) is 10.5 Å². The number of hydrogen-bond acceptors (Lipinski definition) is 4. The van der Waals surface area contributed by atoms with Crippen LogP contribution in [0.15, 0.2) is 12.3 Å². The van der Waals surface area contributed by atoms with Gasteiger partial charge in [-0.2, -0.15) is 13.2 Å². The lowest BCUT2D eigenvalue weighted by molar-refractivity contribution is -0.154. The summed E-state index contributed by atoms with van der Waals surface area (Å²) in [5, 5.41) is 2.71. The van der Waals surface area contributed by atoms with Crippen LogP contribution in [0.25, 0.3) is 0 Å². The van der Waals surface area contributed by atoms with Gasteiger partial charge in [0.1, 0.15) is 17.1 Å². The van der Waals surface area contributed by atoms with Gasteiger partial charge in [0.05, 0.1) is 0 Å². The van der Waals surface area contributed by atoms with E-state index in [0.29, 0.717) is 6.42 Å². The van der Waals surface area contributed by atoms with Gasteiger partial charge in [-0.15, -0.1) is 0 Å². The Bertz CT molecular complexity index is 806. The van der Waals surface area contributed by atoms with Crippen molar-refractivity contribution in [3.05, 3.63) is 23.5 Å². The number of amides is 2. The molecule has 10 heteroatoms. The van der Waals surface area contributed by atoms with Crippen molar-refractivity contribution < 1.29 is 31.9 Å². The Morgan fingerprint density at radius 2 is 2.00 bits per heavy atom. The molecule has 0 radical (unpaired) electrons. The van der Waals surface area contributed by atoms with Gasteiger partial charge in [0.15, 0.2) is 6.61 Å². The number of nitrogens with one attached hydrogen (secondary N) is 1. The van der Waals surface area contributed by atoms with Crippen LogP contribution in [0.2, 0.25) is 0 Å². The van der Waals surface area contributed by atoms with Crippen molar-refractivity contribution in [1.82, 2.24) is 10.3 Å². The minimum Gasteiger partial charge on any atom is -0.484 e. The van der Waals surface area contributed by atoms with Gasteiger partial charge in [0, 0.05) is 29.8 Å². The zero-order valence-electron chi connectivity index (χ0n) is 15.9. The molecular formula is C19H23F4N3O3. The summed E-state index contributed by atoms with van der Waals surface area (Å²) in [6.45, 7) is 0.0797. The van der Waals surface area contributed by atoms with Crippen LogP contribution in [0.5, 0.6) is 5.75 Å². The van der Waals surface area contributed by atoms with E-state index < -0.39 is 35.8 Å². The van der Waals surface area contributed by atoms with Crippen LogP contribution in [0, 0.1) is 5.92 Å². The van der Waals surface area contributed by atoms with Crippen LogP contribution in [0.1, 0.15) is 61.5 Å². The minimum absolute atomic E-state index is 0.0725. The Morgan fingerprint density at radius 3 is 2.48 bits per heavy atom. The Balaban J connectivity index is 1.84. The molecule has 3 rings (SSSR count). The molecule has 0 saturated heterocycles. The second-order valence-corrected chi connectivity index (χ2v) is 8.08. The highest BCUT2D eigenvalue weighted by molar-refractivity contribution is 5.93. The lowest BCUT2D eigenvalue weighted by Crippen LogP contribution is -2.50. The van der Waals surface area contributed by atoms with Crippen molar-refractivity contribution in [2.45, 2.75) is 62.8 Å². The van der Waals surface area contributed by atoms with Gasteiger partial charge in [-0.1, -0.05) is 0 Å². The van der Waals surface area contributed by atoms with Crippen LogP contribution >= 0.6 is 0 Å². The number of nitrogens with zero attached hydrogens (tertiary/aromatic N) is 1. The van der Waals surface area contributed by atoms with Crippen LogP contribution in [-0.2, 0) is 10.5 Å². The molecule has 2 aliphatic rings. The van der Waals surface area contributed by atoms with Gasteiger partial charge in [-0.25, -0.2) is 4.39 Å². The summed E-state index contributed by atoms with van der Waals surface area (Å²) in [6, 6.07) is 1.02. The maximum absolute atomic E-state index is 14.8. The SMILES string of the molecule is C[C@](CC(N)=O)(NC(=O)c1cc(OCC(F)(F)F)c(C2(F)CCC2)cn1)C1CC1. The van der Waals surface area contributed by atoms with E-state index in [1.54, 1.807) is 6.92 Å². The molecule has 1 aromatic rings. The predicted molar refractivity (Wildman–Crippen MR) is 94.8 cm³/mol. The highest BCUT2D eigenvalue weighted by Gasteiger charge is 2.45. The van der Waals surface area contributed by atoms with Gasteiger partial charge in [0.2, 0.25) is 5.91 Å². The lowest BCUT2D eigenvalue weighted by Gasteiger charge is -2.35. The molecule has 1 atom stereocenters. The first-order chi connectivity index (χ1) is 13.4. The molecule has 0 unspecified atom stereocenters. The monoisotopic (exact) mass is 417 g/mol. The third-order valence-electron chi connectivity index (χ3n) is 5.54. The highest BCUT2D eigenvalue weighted by atomic mass is 19.4. The van der Waals surface area contributed by atoms with E-state index in [9.17, 15) is 27.2 Å². The van der Waals surface area contributed by atoms with Crippen LogP contribution in [0.4, 0.5) is 17.6 Å². The molecule has 160 valence electrons. The van der Waals surface area contributed by atoms with E-state index in [2.05, 4.69) is 10.3 Å². The average Bonchev–Trinajstić information content (AvgIpc) is 3.41. The number of primary amides is 1. The normalized spacial score (nSPS) is 20.3. The van der Waals surface area contributed by atoms with Crippen LogP contribution in [-0.4, -0.2) is 35.1 Å². The van der Waals surface area contributed by atoms with Crippen molar-refractivity contribution in [1.29, 1.82) is 0 Å². The van der Waals surface area contributed by atoms with Crippen molar-refractivity contribution in [2.75, 3.05) is 6.61 Å². The number of ether oxygens (including phenoxy) is 1. The molecular weight excluding hydrogens is 394 g/mol. The first-order valence-electron chi connectivity index (χ1n) is 9.42. The number of halogens is 4. The lowest BCUT2D eigenvalue weighted by atomic mass is 9.77. The standard InChI is InChI=1S/C19H23F4N3O3/c1-17(8-15(24)27,11-3-4-11)26-16(28)13-7-14(29-10-19(21,22)23)12(9-25-13)18(20)5-2-6-18/h7,9,11H,2-6,8,10H2,1H3,(H2,24,27)(H,26,28)/t17-/m1/s1. The van der Waals surface area contributed by atoms with E-state index >= 15 is 0 Å². The van der Waals surface area contributed by atoms with Gasteiger partial charge in [0.25, 0.3) is 5.91 Å². The highest BCUT2D eigenvalue weighted by Crippen LogP contribution is 2.48. The number of carbonyl (C=O) groups excluding carboxylic acids is 2. The molecule has 0 aromatic carbocycles. The molecule has 2 aliphatic carbocycles. The molecule has 1 heterocycles. The van der Waals surface area contributed by atoms with E-state index in [1.807, 2.05) is 0 Å². The fraction of sp³-hybridized carbons (Fsp3) is 0.632. The molecule has 2 fully saturated rings. The molecule has 2 saturated carbocycles. The summed E-state index contributed by atoms with van der Waals surface area (Å²) in [7, 11) is 0. The average molecular weight is 417 g/mol. The molecule has 3 N–H and O–H groups in total. The number of nitrogens with two attached hydrogens (primary N) is 1. The van der Waals surface area contributed by atoms with Crippen LogP contribution in [0.3, 0.4) is 0 Å². The molecule has 2 amide bonds. The van der Waals surface area contributed by atoms with Crippen molar-refractivity contribution in [3.8, 4) is 5.75 Å². The molecule has 1 aromatic heterocycles. The van der Waals surface area contributed by atoms with Gasteiger partial charge in [-0.05, 0) is 44.9 Å². The minimum atomic E-state index is -4.61. The first kappa shape index (κ1) is 21.3. The van der Waals surface area contributed by atoms with E-state index in [-0.39, 0.29) is 42.2 Å². The van der Waals surface area contributed by atoms with Gasteiger partial charge >= 0.3 is 6.18 Å². The summed E-state index contributed by atoms with van der Waals surface area (Å²) >= 11 is 0. The molecule has 29 heavy (non-hydrogen) atoms. The Morgan fingerprint density at radius 1 is 1.34 bits per heavy atom. The molecule has 0 bridgehead atoms. The summed E-state index contributed by atoms with van der Waals surface area (Å²) < 4.78 is 57.5. The molecule has 6 nitrogen and oxygen atoms in total. The summed E-state index contributed by atoms with van der Waals surface area (Å²) in [5.74, 6) is -1.55. The van der Waals surface area contributed by atoms with Crippen molar-refractivity contribution in [3.63, 3.8) is 0 Å². The Labute approximate surface area is 165 Å². The fourth-order valence-electron chi connectivity index (χ4n) is 3.63. The number of carbonyl (C=O) groups is 2. The number of alkyl halides is 4. The molecule has 0 spiro atoms. The quantitative estimate of drug-likeness (QED) is 0.636. The van der Waals surface area contributed by atoms with E-state index in [0.717, 1.165) is 25.1 Å². The second-order valence-electron chi connectivity index (χ2n) is 8.08. The van der Waals surface area contributed by atoms with Crippen molar-refractivity contribution >= 4 is 11.8 Å². The zero-order chi connectivity index (χ0) is 21.4. The third-order valence-corrected chi connectivity index (χ3v) is 5.54. The summed E-state index contributed by atoms with van der Waals surface area (Å²) in [4.78, 5) is 28.0. The van der Waals surface area contributed by atoms with Crippen molar-refractivity contribution in [2.24, 2.45) is 11.7 Å². The third kappa shape index (κ3) is 4.97. The summed E-state index contributed by atoms with van der Waals surface area (Å²) in [5.41, 5.74) is 2.28. The Kier molecular flexibility index (Phi) is 5.48. The number of pyridine rings is 1. The number of rotatable bonds is 8. The maximum Gasteiger partial charge on any atom is 0.422 e. The zero-order valence-corrected chi connectivity index (χ0v) is 15.9. The molecule has 0 aliphatic heterocycles. The Hall–Kier alpha value is -2.39. The van der Waals surface area contributed by atoms with Gasteiger partial charge in [-0.3, -0.25) is 14.6 Å². The number of hydrogen-bond donors (Lipinski definition) is 2. The van der Waals surface area contributed by atoms with Crippen LogP contribution < -0.4 is 15.8 Å². The smallest absolute Gasteiger partial charge is 0.422 e. The number of aromatic nitrogens is 1. The van der Waals surface area contributed by atoms with E-state index in [1.165, 1.54) is 0 Å².